The quantitative estimate of drug-likeness (QED) is 0.144. The summed E-state index contributed by atoms with van der Waals surface area (Å²) in [4.78, 5) is 38.4. The second-order valence-corrected chi connectivity index (χ2v) is 11.7. The van der Waals surface area contributed by atoms with Crippen molar-refractivity contribution in [3.63, 3.8) is 0 Å². The van der Waals surface area contributed by atoms with Crippen LogP contribution in [0, 0.1) is 17.5 Å². The van der Waals surface area contributed by atoms with Crippen molar-refractivity contribution in [1.82, 2.24) is 29.5 Å². The van der Waals surface area contributed by atoms with E-state index in [-0.39, 0.29) is 49.6 Å². The smallest absolute Gasteiger partial charge is 0.451 e. The van der Waals surface area contributed by atoms with E-state index in [4.69, 9.17) is 0 Å². The molecule has 2 amide bonds. The predicted octanol–water partition coefficient (Wildman–Crippen LogP) is 4.57. The second-order valence-electron chi connectivity index (χ2n) is 10.7. The molecule has 0 saturated heterocycles. The zero-order valence-corrected chi connectivity index (χ0v) is 24.8. The summed E-state index contributed by atoms with van der Waals surface area (Å²) >= 11 is 1.06. The first kappa shape index (κ1) is 32.8. The molecule has 244 valence electrons. The molecule has 46 heavy (non-hydrogen) atoms. The Bertz CT molecular complexity index is 1810. The lowest BCUT2D eigenvalue weighted by atomic mass is 10.0. The number of hydrogen-bond acceptors (Lipinski definition) is 6. The number of alkyl halides is 3. The fraction of sp³-hybridized carbons (Fsp3) is 0.345. The van der Waals surface area contributed by atoms with Gasteiger partial charge in [-0.15, -0.1) is 22.0 Å². The van der Waals surface area contributed by atoms with E-state index in [0.717, 1.165) is 16.3 Å². The molecule has 0 spiro atoms. The topological polar surface area (TPSA) is 122 Å². The summed E-state index contributed by atoms with van der Waals surface area (Å²) in [7, 11) is 0. The van der Waals surface area contributed by atoms with Crippen LogP contribution in [0.5, 0.6) is 0 Å². The van der Waals surface area contributed by atoms with E-state index >= 15 is 0 Å². The van der Waals surface area contributed by atoms with Gasteiger partial charge in [0.05, 0.1) is 11.6 Å². The van der Waals surface area contributed by atoms with Crippen LogP contribution < -0.4 is 5.32 Å². The van der Waals surface area contributed by atoms with E-state index in [0.29, 0.717) is 27.9 Å². The maximum absolute atomic E-state index is 14.9. The number of nitrogens with one attached hydrogen (secondary N) is 1. The molecule has 0 fully saturated rings. The summed E-state index contributed by atoms with van der Waals surface area (Å²) in [6, 6.07) is 5.83. The Morgan fingerprint density at radius 1 is 1.04 bits per heavy atom. The molecular formula is C29H26F6N6O4S. The highest BCUT2D eigenvalue weighted by Gasteiger charge is 2.40. The van der Waals surface area contributed by atoms with Gasteiger partial charge >= 0.3 is 12.1 Å². The average Bonchev–Trinajstić information content (AvgIpc) is 3.58. The summed E-state index contributed by atoms with van der Waals surface area (Å²) in [5, 5.41) is 20.6. The Morgan fingerprint density at radius 3 is 2.46 bits per heavy atom. The Morgan fingerprint density at radius 2 is 1.76 bits per heavy atom. The normalized spacial score (nSPS) is 14.6. The van der Waals surface area contributed by atoms with E-state index in [9.17, 15) is 45.8 Å². The van der Waals surface area contributed by atoms with Gasteiger partial charge in [-0.3, -0.25) is 9.59 Å². The van der Waals surface area contributed by atoms with Crippen LogP contribution >= 0.6 is 11.8 Å². The van der Waals surface area contributed by atoms with Crippen molar-refractivity contribution in [2.24, 2.45) is 0 Å². The third-order valence-electron chi connectivity index (χ3n) is 7.47. The summed E-state index contributed by atoms with van der Waals surface area (Å²) in [5.41, 5.74) is -0.236. The lowest BCUT2D eigenvalue weighted by Gasteiger charge is -2.30. The van der Waals surface area contributed by atoms with Gasteiger partial charge in [-0.25, -0.2) is 18.0 Å². The van der Waals surface area contributed by atoms with Crippen LogP contribution in [-0.2, 0) is 40.1 Å². The van der Waals surface area contributed by atoms with E-state index in [1.54, 1.807) is 35.0 Å². The maximum atomic E-state index is 14.9. The van der Waals surface area contributed by atoms with Crippen LogP contribution in [0.25, 0.3) is 10.8 Å². The molecule has 4 aromatic rings. The zero-order chi connectivity index (χ0) is 33.3. The van der Waals surface area contributed by atoms with E-state index < -0.39 is 59.3 Å². The van der Waals surface area contributed by atoms with Crippen LogP contribution in [0.4, 0.5) is 26.3 Å². The molecule has 0 bridgehead atoms. The average molecular weight is 669 g/mol. The minimum Gasteiger partial charge on any atom is -0.480 e. The zero-order valence-electron chi connectivity index (χ0n) is 24.0. The van der Waals surface area contributed by atoms with E-state index in [1.165, 1.54) is 11.8 Å². The number of halogens is 6. The second kappa shape index (κ2) is 13.1. The number of fused-ring (bicyclic) bond motifs is 2. The van der Waals surface area contributed by atoms with Gasteiger partial charge in [0, 0.05) is 61.3 Å². The molecule has 2 aromatic carbocycles. The lowest BCUT2D eigenvalue weighted by Crippen LogP contribution is -2.41. The summed E-state index contributed by atoms with van der Waals surface area (Å²) in [6.07, 6.45) is -3.73. The van der Waals surface area contributed by atoms with Crippen molar-refractivity contribution < 1.29 is 45.8 Å². The standard InChI is InChI=1S/C29H26F6N6O4S/c1-15(42)36-23(27(44)45)14-46-26-19-5-3-2-4-16(19)12-41(26)18(8-17-9-21(31)22(32)11-20(17)30)10-25(43)39-6-7-40-24(13-39)37-38-28(40)29(33,34)35/h2-5,9,11-12,18,23H,6-8,10,13-14H2,1H3,(H,36,42)(H,44,45)/t18-,23+/m1/s1. The third kappa shape index (κ3) is 6.98. The van der Waals surface area contributed by atoms with E-state index in [2.05, 4.69) is 15.5 Å². The van der Waals surface area contributed by atoms with Crippen LogP contribution in [-0.4, -0.2) is 65.5 Å². The minimum atomic E-state index is -4.74. The summed E-state index contributed by atoms with van der Waals surface area (Å²) in [6.45, 7) is 0.565. The number of nitrogens with zero attached hydrogens (tertiary/aromatic N) is 5. The Balaban J connectivity index is 1.50. The first-order valence-electron chi connectivity index (χ1n) is 13.9. The SMILES string of the molecule is CC(=O)N[C@@H](CSc1c2ccccc2cn1[C@@H](CC(=O)N1CCn2c(nnc2C(F)(F)F)C1)Cc1cc(F)c(F)cc1F)C(=O)O. The molecule has 0 aliphatic carbocycles. The Labute approximate surface area is 261 Å². The highest BCUT2D eigenvalue weighted by Crippen LogP contribution is 2.36. The molecule has 2 aromatic heterocycles. The Hall–Kier alpha value is -4.54. The molecular weight excluding hydrogens is 642 g/mol. The largest absolute Gasteiger partial charge is 0.480 e. The molecule has 1 aliphatic heterocycles. The molecule has 2 atom stereocenters. The number of carbonyl (C=O) groups excluding carboxylic acids is 2. The first-order chi connectivity index (χ1) is 21.7. The van der Waals surface area contributed by atoms with Gasteiger partial charge < -0.3 is 24.5 Å². The number of carboxylic acids is 1. The molecule has 0 radical (unpaired) electrons. The molecule has 10 nitrogen and oxygen atoms in total. The van der Waals surface area contributed by atoms with Gasteiger partial charge in [0.1, 0.15) is 11.9 Å². The van der Waals surface area contributed by atoms with Crippen molar-refractivity contribution in [1.29, 1.82) is 0 Å². The molecule has 2 N–H and O–H groups in total. The van der Waals surface area contributed by atoms with Crippen LogP contribution in [0.3, 0.4) is 0 Å². The van der Waals surface area contributed by atoms with Crippen molar-refractivity contribution in [3.8, 4) is 0 Å². The van der Waals surface area contributed by atoms with Gasteiger partial charge in [0.2, 0.25) is 17.6 Å². The van der Waals surface area contributed by atoms with Crippen molar-refractivity contribution in [2.75, 3.05) is 12.3 Å². The van der Waals surface area contributed by atoms with Gasteiger partial charge in [-0.1, -0.05) is 24.3 Å². The number of benzene rings is 2. The van der Waals surface area contributed by atoms with Crippen LogP contribution in [0.1, 0.15) is 36.6 Å². The molecule has 3 heterocycles. The predicted molar refractivity (Wildman–Crippen MR) is 152 cm³/mol. The number of amides is 2. The minimum absolute atomic E-state index is 0.0734. The molecule has 0 saturated carbocycles. The number of hydrogen-bond donors (Lipinski definition) is 2. The number of aliphatic carboxylic acids is 1. The van der Waals surface area contributed by atoms with Crippen LogP contribution in [0.15, 0.2) is 47.6 Å². The molecule has 17 heteroatoms. The lowest BCUT2D eigenvalue weighted by molar-refractivity contribution is -0.148. The van der Waals surface area contributed by atoms with E-state index in [1.807, 2.05) is 0 Å². The monoisotopic (exact) mass is 668 g/mol. The highest BCUT2D eigenvalue weighted by atomic mass is 32.2. The molecule has 5 rings (SSSR count). The highest BCUT2D eigenvalue weighted by molar-refractivity contribution is 7.99. The van der Waals surface area contributed by atoms with Crippen molar-refractivity contribution in [2.45, 2.75) is 56.1 Å². The summed E-state index contributed by atoms with van der Waals surface area (Å²) in [5.74, 6) is -7.52. The fourth-order valence-electron chi connectivity index (χ4n) is 5.31. The number of carboxylic acid groups (broad SMARTS) is 1. The molecule has 1 aliphatic rings. The Kier molecular flexibility index (Phi) is 9.32. The number of aromatic nitrogens is 4. The van der Waals surface area contributed by atoms with Crippen molar-refractivity contribution >= 4 is 40.3 Å². The number of rotatable bonds is 10. The summed E-state index contributed by atoms with van der Waals surface area (Å²) < 4.78 is 85.3. The molecule has 0 unspecified atom stereocenters. The number of carbonyl (C=O) groups is 3. The maximum Gasteiger partial charge on any atom is 0.451 e. The first-order valence-corrected chi connectivity index (χ1v) is 14.8. The van der Waals surface area contributed by atoms with Gasteiger partial charge in [0.15, 0.2) is 17.5 Å². The van der Waals surface area contributed by atoms with Crippen molar-refractivity contribution in [3.05, 3.63) is 77.3 Å². The van der Waals surface area contributed by atoms with Crippen LogP contribution in [0.2, 0.25) is 0 Å². The number of thioether (sulfide) groups is 1. The third-order valence-corrected chi connectivity index (χ3v) is 8.68. The van der Waals surface area contributed by atoms with Gasteiger partial charge in [-0.05, 0) is 18.1 Å². The van der Waals surface area contributed by atoms with Gasteiger partial charge in [0.25, 0.3) is 0 Å². The fourth-order valence-corrected chi connectivity index (χ4v) is 6.55. The van der Waals surface area contributed by atoms with Gasteiger partial charge in [-0.2, -0.15) is 13.2 Å².